The zero-order valence-electron chi connectivity index (χ0n) is 17.9. The van der Waals surface area contributed by atoms with Gasteiger partial charge in [0, 0.05) is 17.5 Å². The number of carbonyl (C=O) groups excluding carboxylic acids is 1. The van der Waals surface area contributed by atoms with Crippen LogP contribution in [0.5, 0.6) is 5.75 Å². The summed E-state index contributed by atoms with van der Waals surface area (Å²) >= 11 is 0. The van der Waals surface area contributed by atoms with Gasteiger partial charge in [0.25, 0.3) is 5.91 Å². The number of aryl methyl sites for hydroxylation is 1. The molecule has 0 saturated heterocycles. The number of aromatic nitrogens is 2. The van der Waals surface area contributed by atoms with Crippen molar-refractivity contribution in [3.8, 4) is 5.75 Å². The van der Waals surface area contributed by atoms with Crippen molar-refractivity contribution in [2.45, 2.75) is 13.0 Å². The lowest BCUT2D eigenvalue weighted by atomic mass is 10.1. The summed E-state index contributed by atoms with van der Waals surface area (Å²) in [5.41, 5.74) is 3.43. The Morgan fingerprint density at radius 3 is 2.67 bits per heavy atom. The van der Waals surface area contributed by atoms with E-state index < -0.39 is 11.7 Å². The van der Waals surface area contributed by atoms with Crippen molar-refractivity contribution >= 4 is 27.9 Å². The van der Waals surface area contributed by atoms with E-state index in [0.717, 1.165) is 27.5 Å². The largest absolute Gasteiger partial charge is 0.484 e. The lowest BCUT2D eigenvalue weighted by Gasteiger charge is -2.17. The molecular weight excluding hydrogens is 418 g/mol. The number of hydrogen-bond acceptors (Lipinski definition) is 5. The molecule has 3 aromatic carbocycles. The van der Waals surface area contributed by atoms with Crippen LogP contribution in [-0.2, 0) is 4.79 Å². The van der Waals surface area contributed by atoms with Crippen molar-refractivity contribution in [1.29, 1.82) is 0 Å². The van der Waals surface area contributed by atoms with Crippen LogP contribution in [0.1, 0.15) is 23.0 Å². The van der Waals surface area contributed by atoms with Crippen molar-refractivity contribution in [2.75, 3.05) is 6.61 Å². The Labute approximate surface area is 189 Å². The van der Waals surface area contributed by atoms with Gasteiger partial charge in [0.2, 0.25) is 0 Å². The number of hydrogen-bond donors (Lipinski definition) is 2. The highest BCUT2D eigenvalue weighted by Crippen LogP contribution is 2.24. The lowest BCUT2D eigenvalue weighted by molar-refractivity contribution is -0.123. The number of aromatic amines is 1. The molecule has 2 aromatic heterocycles. The standard InChI is InChI=1S/C26H21N3O4/c1-16-13-24(31)33-22-14-18(11-12-19(16)22)32-15-23(30)29-25(17-7-3-2-4-8-17)26-27-20-9-5-6-10-21(20)28-26/h2-14,25H,15H2,1H3,(H,27,28)(H,29,30). The number of rotatable bonds is 6. The highest BCUT2D eigenvalue weighted by Gasteiger charge is 2.20. The number of nitrogens with one attached hydrogen (secondary N) is 2. The first-order valence-corrected chi connectivity index (χ1v) is 10.5. The number of amides is 1. The molecule has 0 bridgehead atoms. The van der Waals surface area contributed by atoms with Crippen LogP contribution in [0, 0.1) is 6.92 Å². The molecule has 7 heteroatoms. The van der Waals surface area contributed by atoms with Gasteiger partial charge in [-0.3, -0.25) is 4.79 Å². The summed E-state index contributed by atoms with van der Waals surface area (Å²) in [7, 11) is 0. The fourth-order valence-electron chi connectivity index (χ4n) is 3.81. The van der Waals surface area contributed by atoms with Gasteiger partial charge in [0.1, 0.15) is 23.2 Å². The second-order valence-corrected chi connectivity index (χ2v) is 7.75. The molecule has 1 amide bonds. The zero-order valence-corrected chi connectivity index (χ0v) is 17.9. The molecule has 0 radical (unpaired) electrons. The number of carbonyl (C=O) groups is 1. The molecule has 5 aromatic rings. The maximum atomic E-state index is 12.8. The Morgan fingerprint density at radius 2 is 1.85 bits per heavy atom. The van der Waals surface area contributed by atoms with Gasteiger partial charge in [-0.05, 0) is 42.3 Å². The number of ether oxygens (including phenoxy) is 1. The second kappa shape index (κ2) is 8.63. The molecule has 2 N–H and O–H groups in total. The lowest BCUT2D eigenvalue weighted by Crippen LogP contribution is -2.33. The van der Waals surface area contributed by atoms with Crippen molar-refractivity contribution in [3.63, 3.8) is 0 Å². The predicted octanol–water partition coefficient (Wildman–Crippen LogP) is 4.26. The van der Waals surface area contributed by atoms with Crippen LogP contribution in [0.3, 0.4) is 0 Å². The van der Waals surface area contributed by atoms with E-state index in [4.69, 9.17) is 9.15 Å². The second-order valence-electron chi connectivity index (χ2n) is 7.75. The maximum absolute atomic E-state index is 12.8. The Balaban J connectivity index is 1.35. The summed E-state index contributed by atoms with van der Waals surface area (Å²) in [5, 5.41) is 3.82. The summed E-state index contributed by atoms with van der Waals surface area (Å²) in [6.07, 6.45) is 0. The van der Waals surface area contributed by atoms with Crippen LogP contribution >= 0.6 is 0 Å². The van der Waals surface area contributed by atoms with Crippen molar-refractivity contribution in [3.05, 3.63) is 106 Å². The summed E-state index contributed by atoms with van der Waals surface area (Å²) in [6.45, 7) is 1.64. The summed E-state index contributed by atoms with van der Waals surface area (Å²) in [6, 6.07) is 23.5. The van der Waals surface area contributed by atoms with Crippen LogP contribution in [0.25, 0.3) is 22.0 Å². The molecule has 2 heterocycles. The Hall–Kier alpha value is -4.39. The first kappa shape index (κ1) is 20.5. The number of nitrogens with zero attached hydrogens (tertiary/aromatic N) is 1. The maximum Gasteiger partial charge on any atom is 0.336 e. The number of imidazole rings is 1. The summed E-state index contributed by atoms with van der Waals surface area (Å²) in [5.74, 6) is 0.764. The molecule has 0 aliphatic heterocycles. The van der Waals surface area contributed by atoms with Gasteiger partial charge < -0.3 is 19.5 Å². The van der Waals surface area contributed by atoms with E-state index in [2.05, 4.69) is 15.3 Å². The summed E-state index contributed by atoms with van der Waals surface area (Å²) < 4.78 is 10.9. The molecular formula is C26H21N3O4. The molecule has 1 unspecified atom stereocenters. The fraction of sp³-hybridized carbons (Fsp3) is 0.115. The molecule has 0 saturated carbocycles. The van der Waals surface area contributed by atoms with Gasteiger partial charge in [0.05, 0.1) is 11.0 Å². The minimum atomic E-state index is -0.466. The quantitative estimate of drug-likeness (QED) is 0.385. The van der Waals surface area contributed by atoms with Crippen LogP contribution in [0.2, 0.25) is 0 Å². The molecule has 33 heavy (non-hydrogen) atoms. The molecule has 0 spiro atoms. The normalized spacial score (nSPS) is 12.0. The minimum Gasteiger partial charge on any atom is -0.484 e. The topological polar surface area (TPSA) is 97.2 Å². The third kappa shape index (κ3) is 4.34. The molecule has 7 nitrogen and oxygen atoms in total. The van der Waals surface area contributed by atoms with Gasteiger partial charge >= 0.3 is 5.63 Å². The highest BCUT2D eigenvalue weighted by molar-refractivity contribution is 5.82. The fourth-order valence-corrected chi connectivity index (χ4v) is 3.81. The van der Waals surface area contributed by atoms with Gasteiger partial charge in [-0.2, -0.15) is 0 Å². The van der Waals surface area contributed by atoms with Crippen molar-refractivity contribution in [1.82, 2.24) is 15.3 Å². The van der Waals surface area contributed by atoms with E-state index in [0.29, 0.717) is 17.2 Å². The average molecular weight is 439 g/mol. The first-order chi connectivity index (χ1) is 16.1. The van der Waals surface area contributed by atoms with E-state index in [-0.39, 0.29) is 12.5 Å². The van der Waals surface area contributed by atoms with E-state index >= 15 is 0 Å². The first-order valence-electron chi connectivity index (χ1n) is 10.5. The third-order valence-electron chi connectivity index (χ3n) is 5.41. The molecule has 164 valence electrons. The molecule has 0 aliphatic rings. The number of fused-ring (bicyclic) bond motifs is 2. The Bertz CT molecular complexity index is 1470. The summed E-state index contributed by atoms with van der Waals surface area (Å²) in [4.78, 5) is 32.4. The average Bonchev–Trinajstić information content (AvgIpc) is 3.25. The van der Waals surface area contributed by atoms with Gasteiger partial charge in [-0.25, -0.2) is 9.78 Å². The van der Waals surface area contributed by atoms with Gasteiger partial charge in [-0.1, -0.05) is 42.5 Å². The van der Waals surface area contributed by atoms with Crippen molar-refractivity contribution in [2.24, 2.45) is 0 Å². The monoisotopic (exact) mass is 439 g/mol. The number of para-hydroxylation sites is 2. The van der Waals surface area contributed by atoms with E-state index in [1.54, 1.807) is 12.1 Å². The Kier molecular flexibility index (Phi) is 5.36. The highest BCUT2D eigenvalue weighted by atomic mass is 16.5. The molecule has 1 atom stereocenters. The Morgan fingerprint density at radius 1 is 1.06 bits per heavy atom. The van der Waals surface area contributed by atoms with Crippen LogP contribution in [0.4, 0.5) is 0 Å². The van der Waals surface area contributed by atoms with Crippen LogP contribution < -0.4 is 15.7 Å². The van der Waals surface area contributed by atoms with Crippen LogP contribution in [-0.4, -0.2) is 22.5 Å². The molecule has 0 aliphatic carbocycles. The smallest absolute Gasteiger partial charge is 0.336 e. The number of H-pyrrole nitrogens is 1. The van der Waals surface area contributed by atoms with Crippen molar-refractivity contribution < 1.29 is 13.9 Å². The minimum absolute atomic E-state index is 0.203. The molecule has 0 fully saturated rings. The zero-order chi connectivity index (χ0) is 22.8. The number of benzene rings is 3. The van der Waals surface area contributed by atoms with E-state index in [9.17, 15) is 9.59 Å². The van der Waals surface area contributed by atoms with E-state index in [1.807, 2.05) is 67.6 Å². The molecule has 5 rings (SSSR count). The predicted molar refractivity (Wildman–Crippen MR) is 125 cm³/mol. The van der Waals surface area contributed by atoms with E-state index in [1.165, 1.54) is 6.07 Å². The SMILES string of the molecule is Cc1cc(=O)oc2cc(OCC(=O)NC(c3ccccc3)c3nc4ccccc4[nH]3)ccc12. The third-order valence-corrected chi connectivity index (χ3v) is 5.41. The van der Waals surface area contributed by atoms with Gasteiger partial charge in [0.15, 0.2) is 6.61 Å². The van der Waals surface area contributed by atoms with Gasteiger partial charge in [-0.15, -0.1) is 0 Å². The van der Waals surface area contributed by atoms with Crippen LogP contribution in [0.15, 0.2) is 88.1 Å².